The largest absolute Gasteiger partial charge is 0.465 e. The molecule has 0 saturated carbocycles. The van der Waals surface area contributed by atoms with Crippen LogP contribution in [0.15, 0.2) is 47.4 Å². The Hall–Kier alpha value is -2.78. The molecule has 0 bridgehead atoms. The van der Waals surface area contributed by atoms with E-state index < -0.39 is 27.1 Å². The second-order valence-electron chi connectivity index (χ2n) is 5.05. The number of hydrogen-bond acceptors (Lipinski definition) is 7. The average molecular weight is 414 g/mol. The number of rotatable bonds is 6. The van der Waals surface area contributed by atoms with Crippen LogP contribution in [-0.2, 0) is 19.6 Å². The van der Waals surface area contributed by atoms with E-state index in [-0.39, 0.29) is 28.6 Å². The lowest BCUT2D eigenvalue weighted by Gasteiger charge is -2.11. The highest BCUT2D eigenvalue weighted by molar-refractivity contribution is 7.87. The minimum atomic E-state index is -4.35. The second-order valence-corrected chi connectivity index (χ2v) is 6.97. The van der Waals surface area contributed by atoms with Crippen molar-refractivity contribution < 1.29 is 31.7 Å². The number of ether oxygens (including phenoxy) is 2. The predicted molar refractivity (Wildman–Crippen MR) is 97.7 cm³/mol. The van der Waals surface area contributed by atoms with Crippen molar-refractivity contribution in [1.82, 2.24) is 0 Å². The highest BCUT2D eigenvalue weighted by Gasteiger charge is 2.23. The van der Waals surface area contributed by atoms with Crippen molar-refractivity contribution in [2.75, 3.05) is 19.0 Å². The molecule has 0 saturated heterocycles. The Kier molecular flexibility index (Phi) is 6.65. The summed E-state index contributed by atoms with van der Waals surface area (Å²) in [6.45, 7) is 1.84. The van der Waals surface area contributed by atoms with E-state index in [0.29, 0.717) is 0 Å². The van der Waals surface area contributed by atoms with Crippen molar-refractivity contribution in [2.45, 2.75) is 11.8 Å². The molecule has 0 atom stereocenters. The molecule has 1 N–H and O–H groups in total. The number of hydrogen-bond donors (Lipinski definition) is 1. The van der Waals surface area contributed by atoms with Gasteiger partial charge in [-0.25, -0.2) is 9.59 Å². The van der Waals surface area contributed by atoms with Gasteiger partial charge in [0.15, 0.2) is 0 Å². The van der Waals surface area contributed by atoms with E-state index in [1.807, 2.05) is 0 Å². The van der Waals surface area contributed by atoms with Crippen molar-refractivity contribution in [3.05, 3.63) is 53.1 Å². The van der Waals surface area contributed by atoms with Crippen LogP contribution in [0.25, 0.3) is 0 Å². The van der Waals surface area contributed by atoms with Gasteiger partial charge in [0.25, 0.3) is 0 Å². The molecule has 2 aromatic carbocycles. The fraction of sp³-hybridized carbons (Fsp3) is 0.176. The van der Waals surface area contributed by atoms with Crippen molar-refractivity contribution in [1.29, 1.82) is 0 Å². The number of carbonyl (C=O) groups excluding carboxylic acids is 2. The summed E-state index contributed by atoms with van der Waals surface area (Å²) >= 11 is 5.94. The summed E-state index contributed by atoms with van der Waals surface area (Å²) in [5.41, 5.74) is 0.275. The van der Waals surface area contributed by atoms with E-state index >= 15 is 0 Å². The van der Waals surface area contributed by atoms with Crippen LogP contribution >= 0.6 is 11.6 Å². The zero-order chi connectivity index (χ0) is 20.0. The molecule has 0 aromatic heterocycles. The summed E-state index contributed by atoms with van der Waals surface area (Å²) in [4.78, 5) is 22.7. The number of benzene rings is 2. The molecule has 2 rings (SSSR count). The first-order valence-corrected chi connectivity index (χ1v) is 9.41. The quantitative estimate of drug-likeness (QED) is 0.570. The Morgan fingerprint density at radius 1 is 1.15 bits per heavy atom. The minimum Gasteiger partial charge on any atom is -0.465 e. The molecule has 10 heteroatoms. The van der Waals surface area contributed by atoms with Crippen LogP contribution < -0.4 is 9.50 Å². The highest BCUT2D eigenvalue weighted by atomic mass is 35.5. The van der Waals surface area contributed by atoms with Gasteiger partial charge in [0.2, 0.25) is 0 Å². The van der Waals surface area contributed by atoms with E-state index in [2.05, 4.69) is 10.1 Å². The Bertz CT molecular complexity index is 960. The number of halogens is 1. The number of methoxy groups -OCH3 is 1. The van der Waals surface area contributed by atoms with Crippen molar-refractivity contribution in [3.8, 4) is 5.75 Å². The maximum Gasteiger partial charge on any atom is 0.411 e. The van der Waals surface area contributed by atoms with Gasteiger partial charge in [-0.2, -0.15) is 8.42 Å². The Labute approximate surface area is 161 Å². The van der Waals surface area contributed by atoms with Crippen molar-refractivity contribution in [2.24, 2.45) is 0 Å². The lowest BCUT2D eigenvalue weighted by molar-refractivity contribution is 0.0600. The standard InChI is InChI=1S/C17H16ClNO7S/c1-3-25-17(21)19-12-5-4-6-13(10-12)26-27(22,23)15-9-11(16(20)24-2)7-8-14(15)18/h4-10H,3H2,1-2H3,(H,19,21). The van der Waals surface area contributed by atoms with Crippen LogP contribution in [0.5, 0.6) is 5.75 Å². The van der Waals surface area contributed by atoms with Gasteiger partial charge in [-0.1, -0.05) is 17.7 Å². The summed E-state index contributed by atoms with van der Waals surface area (Å²) in [7, 11) is -3.18. The SMILES string of the molecule is CCOC(=O)Nc1cccc(OS(=O)(=O)c2cc(C(=O)OC)ccc2Cl)c1. The number of carbonyl (C=O) groups is 2. The maximum absolute atomic E-state index is 12.6. The van der Waals surface area contributed by atoms with Gasteiger partial charge < -0.3 is 13.7 Å². The Balaban J connectivity index is 2.29. The normalized spacial score (nSPS) is 10.8. The first-order chi connectivity index (χ1) is 12.8. The number of anilines is 1. The van der Waals surface area contributed by atoms with E-state index in [0.717, 1.165) is 6.07 Å². The summed E-state index contributed by atoms with van der Waals surface area (Å²) in [5.74, 6) is -0.785. The molecule has 0 aliphatic rings. The van der Waals surface area contributed by atoms with Crippen LogP contribution in [0.3, 0.4) is 0 Å². The molecular weight excluding hydrogens is 398 g/mol. The molecule has 27 heavy (non-hydrogen) atoms. The fourth-order valence-electron chi connectivity index (χ4n) is 2.02. The highest BCUT2D eigenvalue weighted by Crippen LogP contribution is 2.27. The second kappa shape index (κ2) is 8.74. The van der Waals surface area contributed by atoms with Crippen LogP contribution in [0.2, 0.25) is 5.02 Å². The lowest BCUT2D eigenvalue weighted by atomic mass is 10.2. The summed E-state index contributed by atoms with van der Waals surface area (Å²) in [6, 6.07) is 9.34. The van der Waals surface area contributed by atoms with E-state index in [9.17, 15) is 18.0 Å². The first kappa shape index (κ1) is 20.5. The molecule has 0 heterocycles. The summed E-state index contributed by atoms with van der Waals surface area (Å²) in [6.07, 6.45) is -0.689. The topological polar surface area (TPSA) is 108 Å². The van der Waals surface area contributed by atoms with Gasteiger partial charge in [-0.05, 0) is 37.3 Å². The molecule has 2 aromatic rings. The molecule has 0 unspecified atom stereocenters. The van der Waals surface area contributed by atoms with Gasteiger partial charge >= 0.3 is 22.2 Å². The molecule has 0 radical (unpaired) electrons. The first-order valence-electron chi connectivity index (χ1n) is 7.63. The average Bonchev–Trinajstić information content (AvgIpc) is 2.61. The number of amides is 1. The Morgan fingerprint density at radius 2 is 1.89 bits per heavy atom. The fourth-order valence-corrected chi connectivity index (χ4v) is 3.45. The smallest absolute Gasteiger partial charge is 0.411 e. The third-order valence-electron chi connectivity index (χ3n) is 3.18. The Morgan fingerprint density at radius 3 is 2.56 bits per heavy atom. The zero-order valence-corrected chi connectivity index (χ0v) is 16.0. The van der Waals surface area contributed by atoms with Gasteiger partial charge in [-0.15, -0.1) is 0 Å². The molecule has 1 amide bonds. The predicted octanol–water partition coefficient (Wildman–Crippen LogP) is 3.46. The molecule has 0 fully saturated rings. The number of nitrogens with one attached hydrogen (secondary N) is 1. The zero-order valence-electron chi connectivity index (χ0n) is 14.4. The van der Waals surface area contributed by atoms with Gasteiger partial charge in [0, 0.05) is 11.8 Å². The molecule has 8 nitrogen and oxygen atoms in total. The van der Waals surface area contributed by atoms with Crippen LogP contribution in [0, 0.1) is 0 Å². The van der Waals surface area contributed by atoms with Gasteiger partial charge in [-0.3, -0.25) is 5.32 Å². The summed E-state index contributed by atoms with van der Waals surface area (Å²) in [5, 5.41) is 2.31. The molecule has 0 spiro atoms. The molecular formula is C17H16ClNO7S. The minimum absolute atomic E-state index is 0.00167. The van der Waals surface area contributed by atoms with Gasteiger partial charge in [0.1, 0.15) is 10.6 Å². The molecule has 0 aliphatic carbocycles. The van der Waals surface area contributed by atoms with E-state index in [1.54, 1.807) is 6.92 Å². The monoisotopic (exact) mass is 413 g/mol. The van der Waals surface area contributed by atoms with E-state index in [1.165, 1.54) is 43.5 Å². The third kappa shape index (κ3) is 5.35. The van der Waals surface area contributed by atoms with Crippen LogP contribution in [0.1, 0.15) is 17.3 Å². The molecule has 144 valence electrons. The van der Waals surface area contributed by atoms with Crippen molar-refractivity contribution >= 4 is 39.5 Å². The number of esters is 1. The van der Waals surface area contributed by atoms with Crippen LogP contribution in [-0.4, -0.2) is 34.2 Å². The maximum atomic E-state index is 12.6. The van der Waals surface area contributed by atoms with Crippen LogP contribution in [0.4, 0.5) is 10.5 Å². The molecule has 0 aliphatic heterocycles. The van der Waals surface area contributed by atoms with Gasteiger partial charge in [0.05, 0.1) is 24.3 Å². The third-order valence-corrected chi connectivity index (χ3v) is 4.91. The summed E-state index contributed by atoms with van der Waals surface area (Å²) < 4.78 is 39.5. The van der Waals surface area contributed by atoms with E-state index in [4.69, 9.17) is 20.5 Å². The van der Waals surface area contributed by atoms with Crippen molar-refractivity contribution in [3.63, 3.8) is 0 Å². The lowest BCUT2D eigenvalue weighted by Crippen LogP contribution is -2.14.